The molecule has 0 aliphatic carbocycles. The van der Waals surface area contributed by atoms with Crippen molar-refractivity contribution in [1.29, 1.82) is 0 Å². The number of benzene rings is 2. The molecule has 26 heavy (non-hydrogen) atoms. The molecule has 2 aromatic carbocycles. The van der Waals surface area contributed by atoms with E-state index in [9.17, 15) is 13.2 Å². The predicted molar refractivity (Wildman–Crippen MR) is 98.6 cm³/mol. The van der Waals surface area contributed by atoms with Crippen LogP contribution in [-0.2, 0) is 23.0 Å². The molecule has 0 spiro atoms. The molecule has 0 aromatic heterocycles. The van der Waals surface area contributed by atoms with E-state index < -0.39 is 16.0 Å². The summed E-state index contributed by atoms with van der Waals surface area (Å²) in [5.74, 6) is -1.08. The third-order valence-corrected chi connectivity index (χ3v) is 6.20. The highest BCUT2D eigenvalue weighted by Crippen LogP contribution is 2.20. The van der Waals surface area contributed by atoms with Crippen LogP contribution in [0.1, 0.15) is 28.4 Å². The van der Waals surface area contributed by atoms with Gasteiger partial charge in [0, 0.05) is 25.7 Å². The first-order valence-corrected chi connectivity index (χ1v) is 9.99. The van der Waals surface area contributed by atoms with E-state index >= 15 is 0 Å². The molecule has 2 N–H and O–H groups in total. The third kappa shape index (κ3) is 4.12. The second kappa shape index (κ2) is 7.57. The molecule has 1 aliphatic heterocycles. The van der Waals surface area contributed by atoms with Crippen LogP contribution in [0.15, 0.2) is 53.4 Å². The lowest BCUT2D eigenvalue weighted by Gasteiger charge is -2.33. The average molecular weight is 374 g/mol. The fourth-order valence-electron chi connectivity index (χ4n) is 3.11. The number of sulfonamides is 1. The van der Waals surface area contributed by atoms with Gasteiger partial charge in [0.2, 0.25) is 10.0 Å². The van der Waals surface area contributed by atoms with Crippen LogP contribution in [0.25, 0.3) is 0 Å². The maximum Gasteiger partial charge on any atom is 0.335 e. The normalized spacial score (nSPS) is 16.0. The smallest absolute Gasteiger partial charge is 0.335 e. The maximum atomic E-state index is 12.4. The first kappa shape index (κ1) is 18.6. The summed E-state index contributed by atoms with van der Waals surface area (Å²) in [4.78, 5) is 13.2. The highest BCUT2D eigenvalue weighted by atomic mass is 32.2. The molecule has 1 aliphatic rings. The molecule has 6 nitrogen and oxygen atoms in total. The fourth-order valence-corrected chi connectivity index (χ4v) is 4.23. The van der Waals surface area contributed by atoms with Crippen molar-refractivity contribution in [3.8, 4) is 0 Å². The molecule has 0 amide bonds. The lowest BCUT2D eigenvalue weighted by atomic mass is 9.99. The number of hydrogen-bond acceptors (Lipinski definition) is 4. The van der Waals surface area contributed by atoms with Crippen LogP contribution in [0.3, 0.4) is 0 Å². The van der Waals surface area contributed by atoms with Crippen LogP contribution >= 0.6 is 0 Å². The van der Waals surface area contributed by atoms with Gasteiger partial charge in [-0.05, 0) is 48.7 Å². The van der Waals surface area contributed by atoms with Gasteiger partial charge in [-0.15, -0.1) is 0 Å². The summed E-state index contributed by atoms with van der Waals surface area (Å²) in [6.45, 7) is 4.01. The highest BCUT2D eigenvalue weighted by molar-refractivity contribution is 7.89. The molecule has 0 radical (unpaired) electrons. The van der Waals surface area contributed by atoms with Crippen molar-refractivity contribution in [2.75, 3.05) is 13.1 Å². The zero-order valence-corrected chi connectivity index (χ0v) is 15.4. The van der Waals surface area contributed by atoms with Crippen LogP contribution in [-0.4, -0.2) is 43.5 Å². The molecule has 0 saturated heterocycles. The molecule has 3 rings (SSSR count). The van der Waals surface area contributed by atoms with Gasteiger partial charge in [-0.2, -0.15) is 0 Å². The van der Waals surface area contributed by atoms with Crippen LogP contribution in [0.2, 0.25) is 0 Å². The fraction of sp³-hybridized carbons (Fsp3) is 0.316. The average Bonchev–Trinajstić information content (AvgIpc) is 2.66. The second-order valence-corrected chi connectivity index (χ2v) is 8.29. The van der Waals surface area contributed by atoms with Crippen molar-refractivity contribution in [2.24, 2.45) is 0 Å². The van der Waals surface area contributed by atoms with Crippen molar-refractivity contribution in [2.45, 2.75) is 30.8 Å². The van der Waals surface area contributed by atoms with Gasteiger partial charge < -0.3 is 5.11 Å². The lowest BCUT2D eigenvalue weighted by Crippen LogP contribution is -2.44. The Kier molecular flexibility index (Phi) is 5.41. The molecule has 0 fully saturated rings. The first-order valence-electron chi connectivity index (χ1n) is 8.50. The first-order chi connectivity index (χ1) is 12.4. The number of nitrogens with one attached hydrogen (secondary N) is 1. The van der Waals surface area contributed by atoms with Crippen LogP contribution in [0, 0.1) is 0 Å². The minimum Gasteiger partial charge on any atom is -0.478 e. The van der Waals surface area contributed by atoms with E-state index in [0.29, 0.717) is 6.54 Å². The quantitative estimate of drug-likeness (QED) is 0.809. The molecule has 0 bridgehead atoms. The summed E-state index contributed by atoms with van der Waals surface area (Å²) >= 11 is 0. The number of hydrogen-bond donors (Lipinski definition) is 2. The highest BCUT2D eigenvalue weighted by Gasteiger charge is 2.22. The maximum absolute atomic E-state index is 12.4. The number of carboxylic acid groups (broad SMARTS) is 1. The SMILES string of the molecule is CC(CNS(=O)(=O)c1ccc(C(=O)O)cc1)N1CCc2ccccc2C1. The Bertz CT molecular complexity index is 894. The van der Waals surface area contributed by atoms with Crippen molar-refractivity contribution >= 4 is 16.0 Å². The standard InChI is InChI=1S/C19H22N2O4S/c1-14(21-11-10-15-4-2-3-5-17(15)13-21)12-20-26(24,25)18-8-6-16(7-9-18)19(22)23/h2-9,14,20H,10-13H2,1H3,(H,22,23). The van der Waals surface area contributed by atoms with E-state index in [4.69, 9.17) is 5.11 Å². The summed E-state index contributed by atoms with van der Waals surface area (Å²) in [6.07, 6.45) is 0.962. The summed E-state index contributed by atoms with van der Waals surface area (Å²) in [5, 5.41) is 8.90. The van der Waals surface area contributed by atoms with Gasteiger partial charge in [0.1, 0.15) is 0 Å². The van der Waals surface area contributed by atoms with E-state index in [1.165, 1.54) is 35.4 Å². The summed E-state index contributed by atoms with van der Waals surface area (Å²) in [6, 6.07) is 13.6. The molecule has 7 heteroatoms. The van der Waals surface area contributed by atoms with Gasteiger partial charge in [-0.25, -0.2) is 17.9 Å². The van der Waals surface area contributed by atoms with Gasteiger partial charge in [0.15, 0.2) is 0 Å². The van der Waals surface area contributed by atoms with Gasteiger partial charge in [0.25, 0.3) is 0 Å². The number of carbonyl (C=O) groups is 1. The van der Waals surface area contributed by atoms with E-state index in [-0.39, 0.29) is 16.5 Å². The van der Waals surface area contributed by atoms with Crippen LogP contribution in [0.5, 0.6) is 0 Å². The van der Waals surface area contributed by atoms with E-state index in [2.05, 4.69) is 21.8 Å². The minimum atomic E-state index is -3.67. The monoisotopic (exact) mass is 374 g/mol. The Hall–Kier alpha value is -2.22. The number of carboxylic acids is 1. The molecule has 1 atom stereocenters. The molecular formula is C19H22N2O4S. The van der Waals surface area contributed by atoms with Crippen molar-refractivity contribution in [1.82, 2.24) is 9.62 Å². The Morgan fingerprint density at radius 2 is 1.81 bits per heavy atom. The number of aromatic carboxylic acids is 1. The Morgan fingerprint density at radius 3 is 2.46 bits per heavy atom. The molecule has 2 aromatic rings. The van der Waals surface area contributed by atoms with Gasteiger partial charge in [-0.1, -0.05) is 24.3 Å². The van der Waals surface area contributed by atoms with Crippen LogP contribution in [0.4, 0.5) is 0 Å². The Labute approximate surface area is 153 Å². The zero-order valence-electron chi connectivity index (χ0n) is 14.6. The Balaban J connectivity index is 1.61. The largest absolute Gasteiger partial charge is 0.478 e. The van der Waals surface area contributed by atoms with Gasteiger partial charge >= 0.3 is 5.97 Å². The zero-order chi connectivity index (χ0) is 18.7. The molecule has 1 unspecified atom stereocenters. The third-order valence-electron chi connectivity index (χ3n) is 4.76. The molecule has 1 heterocycles. The Morgan fingerprint density at radius 1 is 1.15 bits per heavy atom. The van der Waals surface area contributed by atoms with Crippen molar-refractivity contribution in [3.05, 3.63) is 65.2 Å². The van der Waals surface area contributed by atoms with E-state index in [1.807, 2.05) is 19.1 Å². The lowest BCUT2D eigenvalue weighted by molar-refractivity contribution is 0.0696. The minimum absolute atomic E-state index is 0.0522. The van der Waals surface area contributed by atoms with Gasteiger partial charge in [-0.3, -0.25) is 4.90 Å². The summed E-state index contributed by atoms with van der Waals surface area (Å²) in [5.41, 5.74) is 2.71. The number of nitrogens with zero attached hydrogens (tertiary/aromatic N) is 1. The molecular weight excluding hydrogens is 352 g/mol. The molecule has 0 saturated carbocycles. The van der Waals surface area contributed by atoms with Crippen molar-refractivity contribution in [3.63, 3.8) is 0 Å². The summed E-state index contributed by atoms with van der Waals surface area (Å²) < 4.78 is 27.5. The topological polar surface area (TPSA) is 86.7 Å². The van der Waals surface area contributed by atoms with Gasteiger partial charge in [0.05, 0.1) is 10.5 Å². The van der Waals surface area contributed by atoms with E-state index in [0.717, 1.165) is 19.5 Å². The number of fused-ring (bicyclic) bond motifs is 1. The second-order valence-electron chi connectivity index (χ2n) is 6.52. The van der Waals surface area contributed by atoms with E-state index in [1.54, 1.807) is 0 Å². The number of rotatable bonds is 6. The summed E-state index contributed by atoms with van der Waals surface area (Å²) in [7, 11) is -3.67. The molecule has 138 valence electrons. The predicted octanol–water partition coefficient (Wildman–Crippen LogP) is 2.11. The van der Waals surface area contributed by atoms with Crippen LogP contribution < -0.4 is 4.72 Å². The van der Waals surface area contributed by atoms with Crippen molar-refractivity contribution < 1.29 is 18.3 Å².